The molecule has 0 aliphatic heterocycles. The van der Waals surface area contributed by atoms with Crippen LogP contribution in [0.25, 0.3) is 0 Å². The molecule has 0 saturated carbocycles. The lowest BCUT2D eigenvalue weighted by Crippen LogP contribution is -2.09. The van der Waals surface area contributed by atoms with Crippen LogP contribution in [-0.2, 0) is 14.3 Å². The summed E-state index contributed by atoms with van der Waals surface area (Å²) >= 11 is 0. The van der Waals surface area contributed by atoms with E-state index in [0.717, 1.165) is 6.26 Å². The highest BCUT2D eigenvalue weighted by Crippen LogP contribution is 1.93. The van der Waals surface area contributed by atoms with Crippen LogP contribution in [0.15, 0.2) is 0 Å². The summed E-state index contributed by atoms with van der Waals surface area (Å²) in [4.78, 5) is 0. The Bertz CT molecular complexity index is 170. The molecule has 0 aromatic carbocycles. The van der Waals surface area contributed by atoms with E-state index < -0.39 is 16.2 Å². The van der Waals surface area contributed by atoms with Gasteiger partial charge in [0, 0.05) is 0 Å². The topological polar surface area (TPSA) is 63.6 Å². The van der Waals surface area contributed by atoms with Crippen molar-refractivity contribution < 1.29 is 17.7 Å². The van der Waals surface area contributed by atoms with Gasteiger partial charge in [0.1, 0.15) is 0 Å². The molecule has 0 heterocycles. The second-order valence-electron chi connectivity index (χ2n) is 2.16. The van der Waals surface area contributed by atoms with Crippen molar-refractivity contribution in [2.24, 2.45) is 0 Å². The van der Waals surface area contributed by atoms with Gasteiger partial charge in [-0.05, 0) is 13.3 Å². The van der Waals surface area contributed by atoms with Crippen molar-refractivity contribution in [3.63, 3.8) is 0 Å². The van der Waals surface area contributed by atoms with Gasteiger partial charge in [-0.15, -0.1) is 0 Å². The van der Waals surface area contributed by atoms with Gasteiger partial charge >= 0.3 is 0 Å². The number of aliphatic hydroxyl groups is 1. The Hall–Kier alpha value is -0.130. The molecular formula is C5H12O4S. The fraction of sp³-hybridized carbons (Fsp3) is 1.00. The quantitative estimate of drug-likeness (QED) is 0.587. The monoisotopic (exact) mass is 168 g/mol. The molecule has 0 aliphatic rings. The third-order valence-electron chi connectivity index (χ3n) is 0.833. The molecule has 0 spiro atoms. The zero-order valence-electron chi connectivity index (χ0n) is 6.07. The smallest absolute Gasteiger partial charge is 0.264 e. The fourth-order valence-electron chi connectivity index (χ4n) is 0.370. The summed E-state index contributed by atoms with van der Waals surface area (Å²) in [5.41, 5.74) is 0. The highest BCUT2D eigenvalue weighted by Gasteiger charge is 2.02. The molecule has 0 rings (SSSR count). The predicted molar refractivity (Wildman–Crippen MR) is 37.1 cm³/mol. The van der Waals surface area contributed by atoms with Crippen molar-refractivity contribution in [3.8, 4) is 0 Å². The van der Waals surface area contributed by atoms with Gasteiger partial charge < -0.3 is 5.11 Å². The van der Waals surface area contributed by atoms with Gasteiger partial charge in [0.15, 0.2) is 0 Å². The highest BCUT2D eigenvalue weighted by atomic mass is 32.2. The number of aliphatic hydroxyl groups excluding tert-OH is 1. The highest BCUT2D eigenvalue weighted by molar-refractivity contribution is 7.85. The Morgan fingerprint density at radius 2 is 2.10 bits per heavy atom. The van der Waals surface area contributed by atoms with E-state index in [1.165, 1.54) is 0 Å². The first kappa shape index (κ1) is 9.87. The molecule has 4 nitrogen and oxygen atoms in total. The standard InChI is InChI=1S/C5H12O4S/c1-5(6)3-4-9-10(2,7)8/h5-6H,3-4H2,1-2H3/t5-/m1/s1. The second kappa shape index (κ2) is 3.90. The Morgan fingerprint density at radius 1 is 1.60 bits per heavy atom. The molecule has 10 heavy (non-hydrogen) atoms. The van der Waals surface area contributed by atoms with Gasteiger partial charge in [-0.25, -0.2) is 0 Å². The van der Waals surface area contributed by atoms with Crippen LogP contribution < -0.4 is 0 Å². The number of hydrogen-bond donors (Lipinski definition) is 1. The van der Waals surface area contributed by atoms with Crippen molar-refractivity contribution in [3.05, 3.63) is 0 Å². The Labute approximate surface area is 60.9 Å². The van der Waals surface area contributed by atoms with Gasteiger partial charge in [-0.3, -0.25) is 4.18 Å². The summed E-state index contributed by atoms with van der Waals surface area (Å²) in [6, 6.07) is 0. The predicted octanol–water partition coefficient (Wildman–Crippen LogP) is -0.266. The number of hydrogen-bond acceptors (Lipinski definition) is 4. The minimum atomic E-state index is -3.33. The Kier molecular flexibility index (Phi) is 3.85. The molecule has 62 valence electrons. The third kappa shape index (κ3) is 7.87. The van der Waals surface area contributed by atoms with Crippen molar-refractivity contribution in [1.29, 1.82) is 0 Å². The second-order valence-corrected chi connectivity index (χ2v) is 3.81. The first-order chi connectivity index (χ1) is 4.42. The summed E-state index contributed by atoms with van der Waals surface area (Å²) in [7, 11) is -3.33. The molecule has 0 aromatic heterocycles. The minimum Gasteiger partial charge on any atom is -0.393 e. The number of rotatable bonds is 4. The fourth-order valence-corrected chi connectivity index (χ4v) is 0.769. The van der Waals surface area contributed by atoms with E-state index in [2.05, 4.69) is 4.18 Å². The average Bonchev–Trinajstić information content (AvgIpc) is 1.59. The normalized spacial score (nSPS) is 15.1. The maximum atomic E-state index is 10.3. The summed E-state index contributed by atoms with van der Waals surface area (Å²) in [5.74, 6) is 0. The van der Waals surface area contributed by atoms with Gasteiger partial charge in [0.25, 0.3) is 10.1 Å². The van der Waals surface area contributed by atoms with Crippen LogP contribution in [0.1, 0.15) is 13.3 Å². The van der Waals surface area contributed by atoms with E-state index in [1.807, 2.05) is 0 Å². The molecule has 0 bridgehead atoms. The molecule has 1 atom stereocenters. The Balaban J connectivity index is 3.39. The molecule has 1 N–H and O–H groups in total. The molecule has 0 fully saturated rings. The lowest BCUT2D eigenvalue weighted by Gasteiger charge is -2.02. The van der Waals surface area contributed by atoms with Crippen LogP contribution in [0, 0.1) is 0 Å². The van der Waals surface area contributed by atoms with Crippen molar-refractivity contribution in [2.45, 2.75) is 19.4 Å². The van der Waals surface area contributed by atoms with Gasteiger partial charge in [-0.1, -0.05) is 0 Å². The summed E-state index contributed by atoms with van der Waals surface area (Å²) < 4.78 is 25.0. The molecular weight excluding hydrogens is 156 g/mol. The van der Waals surface area contributed by atoms with E-state index >= 15 is 0 Å². The van der Waals surface area contributed by atoms with Crippen LogP contribution in [-0.4, -0.2) is 32.5 Å². The summed E-state index contributed by atoms with van der Waals surface area (Å²) in [6.07, 6.45) is 0.809. The average molecular weight is 168 g/mol. The molecule has 0 amide bonds. The Morgan fingerprint density at radius 3 is 2.40 bits per heavy atom. The molecule has 0 saturated heterocycles. The van der Waals surface area contributed by atoms with E-state index in [0.29, 0.717) is 6.42 Å². The molecule has 5 heteroatoms. The third-order valence-corrected chi connectivity index (χ3v) is 1.43. The van der Waals surface area contributed by atoms with Gasteiger partial charge in [-0.2, -0.15) is 8.42 Å². The van der Waals surface area contributed by atoms with E-state index in [9.17, 15) is 8.42 Å². The van der Waals surface area contributed by atoms with Crippen LogP contribution in [0.2, 0.25) is 0 Å². The summed E-state index contributed by atoms with van der Waals surface area (Å²) in [5, 5.41) is 8.67. The van der Waals surface area contributed by atoms with Crippen molar-refractivity contribution in [2.75, 3.05) is 12.9 Å². The van der Waals surface area contributed by atoms with Crippen molar-refractivity contribution in [1.82, 2.24) is 0 Å². The van der Waals surface area contributed by atoms with E-state index in [4.69, 9.17) is 5.11 Å². The van der Waals surface area contributed by atoms with Gasteiger partial charge in [0.05, 0.1) is 19.0 Å². The first-order valence-corrected chi connectivity index (χ1v) is 4.76. The van der Waals surface area contributed by atoms with Crippen LogP contribution in [0.5, 0.6) is 0 Å². The lowest BCUT2D eigenvalue weighted by atomic mass is 10.3. The zero-order chi connectivity index (χ0) is 8.20. The van der Waals surface area contributed by atoms with E-state index in [-0.39, 0.29) is 6.61 Å². The molecule has 0 radical (unpaired) electrons. The maximum absolute atomic E-state index is 10.3. The first-order valence-electron chi connectivity index (χ1n) is 2.94. The lowest BCUT2D eigenvalue weighted by molar-refractivity contribution is 0.158. The summed E-state index contributed by atoms with van der Waals surface area (Å²) in [6.45, 7) is 1.63. The zero-order valence-corrected chi connectivity index (χ0v) is 6.89. The SMILES string of the molecule is C[C@@H](O)CCOS(C)(=O)=O. The molecule has 0 aliphatic carbocycles. The van der Waals surface area contributed by atoms with Gasteiger partial charge in [0.2, 0.25) is 0 Å². The van der Waals surface area contributed by atoms with Crippen LogP contribution in [0.4, 0.5) is 0 Å². The van der Waals surface area contributed by atoms with Crippen LogP contribution in [0.3, 0.4) is 0 Å². The molecule has 0 unspecified atom stereocenters. The van der Waals surface area contributed by atoms with Crippen LogP contribution >= 0.6 is 0 Å². The van der Waals surface area contributed by atoms with E-state index in [1.54, 1.807) is 6.92 Å². The minimum absolute atomic E-state index is 0.0521. The maximum Gasteiger partial charge on any atom is 0.264 e. The largest absolute Gasteiger partial charge is 0.393 e. The molecule has 0 aromatic rings. The van der Waals surface area contributed by atoms with Crippen molar-refractivity contribution >= 4 is 10.1 Å².